The molecule has 7 heteroatoms. The zero-order valence-corrected chi connectivity index (χ0v) is 21.2. The smallest absolute Gasteiger partial charge is 0.251 e. The first-order valence-electron chi connectivity index (χ1n) is 13.0. The summed E-state index contributed by atoms with van der Waals surface area (Å²) in [6.07, 6.45) is 2.60. The van der Waals surface area contributed by atoms with E-state index in [1.165, 1.54) is 5.56 Å². The molecule has 2 aromatic carbocycles. The van der Waals surface area contributed by atoms with Crippen molar-refractivity contribution in [1.29, 1.82) is 0 Å². The van der Waals surface area contributed by atoms with Crippen LogP contribution in [-0.4, -0.2) is 54.1 Å². The molecule has 0 bridgehead atoms. The van der Waals surface area contributed by atoms with Crippen molar-refractivity contribution in [1.82, 2.24) is 14.8 Å². The topological polar surface area (TPSA) is 72.8 Å². The molecule has 0 spiro atoms. The van der Waals surface area contributed by atoms with Crippen molar-refractivity contribution in [2.24, 2.45) is 0 Å². The summed E-state index contributed by atoms with van der Waals surface area (Å²) in [7, 11) is 0. The fourth-order valence-corrected chi connectivity index (χ4v) is 5.25. The van der Waals surface area contributed by atoms with E-state index in [-0.39, 0.29) is 11.3 Å². The van der Waals surface area contributed by atoms with E-state index in [1.54, 1.807) is 12.1 Å². The Bertz CT molecular complexity index is 1310. The molecule has 0 radical (unpaired) electrons. The maximum absolute atomic E-state index is 12.8. The van der Waals surface area contributed by atoms with Gasteiger partial charge in [0.15, 0.2) is 17.3 Å². The van der Waals surface area contributed by atoms with Gasteiger partial charge in [0.2, 0.25) is 0 Å². The number of aromatic nitrogens is 1. The second kappa shape index (κ2) is 10.8. The van der Waals surface area contributed by atoms with Crippen LogP contribution in [-0.2, 0) is 13.1 Å². The number of carbonyl (C=O) groups excluding carboxylic acids is 1. The summed E-state index contributed by atoms with van der Waals surface area (Å²) in [4.78, 5) is 27.7. The highest BCUT2D eigenvalue weighted by Crippen LogP contribution is 2.30. The van der Waals surface area contributed by atoms with E-state index in [4.69, 9.17) is 9.47 Å². The van der Waals surface area contributed by atoms with Gasteiger partial charge in [-0.05, 0) is 74.3 Å². The van der Waals surface area contributed by atoms with Gasteiger partial charge in [-0.25, -0.2) is 0 Å². The third kappa shape index (κ3) is 5.32. The van der Waals surface area contributed by atoms with Gasteiger partial charge in [0.05, 0.1) is 5.52 Å². The lowest BCUT2D eigenvalue weighted by molar-refractivity contribution is 0.0989. The van der Waals surface area contributed by atoms with E-state index < -0.39 is 0 Å². The number of fused-ring (bicyclic) bond motifs is 2. The second-order valence-electron chi connectivity index (χ2n) is 9.82. The lowest BCUT2D eigenvalue weighted by Crippen LogP contribution is -2.43. The van der Waals surface area contributed by atoms with Crippen LogP contribution in [0.15, 0.2) is 47.3 Å². The normalized spacial score (nSPS) is 16.4. The molecule has 0 aliphatic carbocycles. The van der Waals surface area contributed by atoms with Crippen LogP contribution in [0.5, 0.6) is 11.5 Å². The summed E-state index contributed by atoms with van der Waals surface area (Å²) < 4.78 is 13.1. The molecule has 0 amide bonds. The lowest BCUT2D eigenvalue weighted by atomic mass is 10.00. The van der Waals surface area contributed by atoms with E-state index in [1.807, 2.05) is 36.6 Å². The Labute approximate surface area is 212 Å². The number of piperidine rings is 1. The molecule has 3 heterocycles. The van der Waals surface area contributed by atoms with Crippen molar-refractivity contribution in [2.75, 3.05) is 32.8 Å². The molecular formula is C29H35N3O4. The number of nitrogens with one attached hydrogen (secondary N) is 1. The number of aryl methyl sites for hydroxylation is 1. The van der Waals surface area contributed by atoms with Gasteiger partial charge in [0.1, 0.15) is 13.2 Å². The molecule has 190 valence electrons. The maximum Gasteiger partial charge on any atom is 0.251 e. The van der Waals surface area contributed by atoms with Crippen molar-refractivity contribution in [3.8, 4) is 11.5 Å². The van der Waals surface area contributed by atoms with Gasteiger partial charge in [-0.1, -0.05) is 13.0 Å². The number of hydrogen-bond donors (Lipinski definition) is 1. The standard InChI is InChI=1S/C29H35N3O4/c1-3-26(33)24-16-20(2)17-25-23(24)5-7-29(34)32(25)13-12-31-10-8-22(9-11-31)30-19-21-4-6-27-28(18-21)36-15-14-35-27/h4-7,16-18,22,30H,3,8-15,19H2,1-2H3. The van der Waals surface area contributed by atoms with E-state index in [9.17, 15) is 9.59 Å². The summed E-state index contributed by atoms with van der Waals surface area (Å²) in [6, 6.07) is 14.0. The SMILES string of the molecule is CCC(=O)c1cc(C)cc2c1ccc(=O)n2CCN1CCC(NCc2ccc3c(c2)OCCO3)CC1. The number of benzene rings is 2. The van der Waals surface area contributed by atoms with Gasteiger partial charge in [-0.2, -0.15) is 0 Å². The van der Waals surface area contributed by atoms with Crippen molar-refractivity contribution in [3.05, 3.63) is 69.5 Å². The van der Waals surface area contributed by atoms with Crippen LogP contribution >= 0.6 is 0 Å². The van der Waals surface area contributed by atoms with E-state index in [0.717, 1.165) is 67.0 Å². The Hall–Kier alpha value is -3.16. The summed E-state index contributed by atoms with van der Waals surface area (Å²) in [5.74, 6) is 1.77. The lowest BCUT2D eigenvalue weighted by Gasteiger charge is -2.32. The van der Waals surface area contributed by atoms with Gasteiger partial charge >= 0.3 is 0 Å². The van der Waals surface area contributed by atoms with Gasteiger partial charge in [0, 0.05) is 49.1 Å². The zero-order chi connectivity index (χ0) is 25.1. The minimum absolute atomic E-state index is 0.0148. The Morgan fingerprint density at radius 2 is 1.78 bits per heavy atom. The second-order valence-corrected chi connectivity index (χ2v) is 9.82. The first kappa shape index (κ1) is 24.5. The van der Waals surface area contributed by atoms with Crippen LogP contribution in [0.25, 0.3) is 10.9 Å². The molecule has 1 fully saturated rings. The minimum atomic E-state index is -0.0148. The summed E-state index contributed by atoms with van der Waals surface area (Å²) in [5, 5.41) is 4.56. The predicted octanol–water partition coefficient (Wildman–Crippen LogP) is 3.93. The molecule has 36 heavy (non-hydrogen) atoms. The van der Waals surface area contributed by atoms with Gasteiger partial charge < -0.3 is 24.3 Å². The zero-order valence-electron chi connectivity index (χ0n) is 21.2. The fourth-order valence-electron chi connectivity index (χ4n) is 5.25. The Morgan fingerprint density at radius 1 is 1.00 bits per heavy atom. The molecule has 0 unspecified atom stereocenters. The molecule has 1 saturated heterocycles. The van der Waals surface area contributed by atoms with Crippen molar-refractivity contribution >= 4 is 16.7 Å². The average molecular weight is 490 g/mol. The van der Waals surface area contributed by atoms with E-state index in [0.29, 0.717) is 37.8 Å². The number of likely N-dealkylation sites (tertiary alicyclic amines) is 1. The highest BCUT2D eigenvalue weighted by Gasteiger charge is 2.20. The minimum Gasteiger partial charge on any atom is -0.486 e. The number of pyridine rings is 1. The average Bonchev–Trinajstić information content (AvgIpc) is 2.91. The molecule has 3 aromatic rings. The third-order valence-corrected chi connectivity index (χ3v) is 7.30. The van der Waals surface area contributed by atoms with Crippen LogP contribution in [0.4, 0.5) is 0 Å². The first-order chi connectivity index (χ1) is 17.5. The maximum atomic E-state index is 12.8. The van der Waals surface area contributed by atoms with Gasteiger partial charge in [-0.15, -0.1) is 0 Å². The number of carbonyl (C=O) groups is 1. The van der Waals surface area contributed by atoms with E-state index >= 15 is 0 Å². The number of ketones is 1. The largest absolute Gasteiger partial charge is 0.486 e. The highest BCUT2D eigenvalue weighted by molar-refractivity contribution is 6.07. The van der Waals surface area contributed by atoms with Crippen LogP contribution < -0.4 is 20.3 Å². The van der Waals surface area contributed by atoms with Gasteiger partial charge in [0.25, 0.3) is 5.56 Å². The molecular weight excluding hydrogens is 454 g/mol. The number of ether oxygens (including phenoxy) is 2. The monoisotopic (exact) mass is 489 g/mol. The van der Waals surface area contributed by atoms with Crippen molar-refractivity contribution in [3.63, 3.8) is 0 Å². The molecule has 2 aliphatic rings. The van der Waals surface area contributed by atoms with Gasteiger partial charge in [-0.3, -0.25) is 9.59 Å². The number of hydrogen-bond acceptors (Lipinski definition) is 6. The van der Waals surface area contributed by atoms with Crippen molar-refractivity contribution < 1.29 is 14.3 Å². The van der Waals surface area contributed by atoms with Crippen LogP contribution in [0, 0.1) is 6.92 Å². The predicted molar refractivity (Wildman–Crippen MR) is 141 cm³/mol. The highest BCUT2D eigenvalue weighted by atomic mass is 16.6. The van der Waals surface area contributed by atoms with Crippen LogP contribution in [0.2, 0.25) is 0 Å². The quantitative estimate of drug-likeness (QED) is 0.484. The third-order valence-electron chi connectivity index (χ3n) is 7.30. The van der Waals surface area contributed by atoms with Crippen LogP contribution in [0.1, 0.15) is 47.7 Å². The molecule has 0 atom stereocenters. The van der Waals surface area contributed by atoms with Crippen LogP contribution in [0.3, 0.4) is 0 Å². The Balaban J connectivity index is 1.18. The number of nitrogens with zero attached hydrogens (tertiary/aromatic N) is 2. The molecule has 5 rings (SSSR count). The Morgan fingerprint density at radius 3 is 2.56 bits per heavy atom. The summed E-state index contributed by atoms with van der Waals surface area (Å²) >= 11 is 0. The van der Waals surface area contributed by atoms with E-state index in [2.05, 4.69) is 22.3 Å². The fraction of sp³-hybridized carbons (Fsp3) is 0.448. The van der Waals surface area contributed by atoms with Crippen molar-refractivity contribution in [2.45, 2.75) is 52.2 Å². The first-order valence-corrected chi connectivity index (χ1v) is 13.0. The molecule has 1 N–H and O–H groups in total. The number of Topliss-reactive ketones (excluding diaryl/α,β-unsaturated/α-hetero) is 1. The Kier molecular flexibility index (Phi) is 7.39. The molecule has 0 saturated carbocycles. The number of rotatable bonds is 8. The molecule has 7 nitrogen and oxygen atoms in total. The summed E-state index contributed by atoms with van der Waals surface area (Å²) in [5.41, 5.74) is 3.76. The summed E-state index contributed by atoms with van der Waals surface area (Å²) in [6.45, 7) is 9.31. The molecule has 2 aliphatic heterocycles. The molecule has 1 aromatic heterocycles.